The van der Waals surface area contributed by atoms with Crippen molar-refractivity contribution in [3.8, 4) is 0 Å². The van der Waals surface area contributed by atoms with E-state index in [1.54, 1.807) is 13.8 Å². The summed E-state index contributed by atoms with van der Waals surface area (Å²) in [4.78, 5) is 0. The maximum Gasteiger partial charge on any atom is 0.0641 e. The minimum absolute atomic E-state index is 0.283. The highest BCUT2D eigenvalue weighted by molar-refractivity contribution is 4.72. The predicted octanol–water partition coefficient (Wildman–Crippen LogP) is 1.45. The fourth-order valence-electron chi connectivity index (χ4n) is 1.36. The fourth-order valence-corrected chi connectivity index (χ4v) is 1.36. The minimum Gasteiger partial charge on any atom is -0.396 e. The van der Waals surface area contributed by atoms with Crippen molar-refractivity contribution in [1.29, 1.82) is 0 Å². The molecule has 0 radical (unpaired) electrons. The largest absolute Gasteiger partial charge is 0.396 e. The van der Waals surface area contributed by atoms with Gasteiger partial charge in [-0.25, -0.2) is 0 Å². The molecule has 0 heterocycles. The zero-order valence-corrected chi connectivity index (χ0v) is 11.5. The fraction of sp³-hybridized carbons (Fsp3) is 1.00. The second-order valence-corrected chi connectivity index (χ2v) is 4.77. The van der Waals surface area contributed by atoms with Gasteiger partial charge >= 0.3 is 0 Å². The number of hydrogen-bond donors (Lipinski definition) is 4. The molecule has 2 atom stereocenters. The Morgan fingerprint density at radius 2 is 1.41 bits per heavy atom. The molecule has 4 nitrogen and oxygen atoms in total. The molecular formula is C13H30O4. The Hall–Kier alpha value is -0.160. The molecule has 0 amide bonds. The molecule has 0 aliphatic rings. The van der Waals surface area contributed by atoms with Crippen molar-refractivity contribution < 1.29 is 20.4 Å². The lowest BCUT2D eigenvalue weighted by Crippen LogP contribution is -2.27. The van der Waals surface area contributed by atoms with Crippen LogP contribution in [0.15, 0.2) is 0 Å². The van der Waals surface area contributed by atoms with E-state index in [9.17, 15) is 5.11 Å². The molecule has 0 spiro atoms. The summed E-state index contributed by atoms with van der Waals surface area (Å²) >= 11 is 0. The second kappa shape index (κ2) is 12.3. The first-order valence-electron chi connectivity index (χ1n) is 6.51. The van der Waals surface area contributed by atoms with E-state index in [0.717, 1.165) is 25.7 Å². The van der Waals surface area contributed by atoms with Gasteiger partial charge in [-0.3, -0.25) is 0 Å². The first-order chi connectivity index (χ1) is 7.89. The van der Waals surface area contributed by atoms with Crippen LogP contribution in [0.25, 0.3) is 0 Å². The molecule has 17 heavy (non-hydrogen) atoms. The van der Waals surface area contributed by atoms with Gasteiger partial charge < -0.3 is 20.4 Å². The van der Waals surface area contributed by atoms with Crippen LogP contribution >= 0.6 is 0 Å². The van der Waals surface area contributed by atoms with Gasteiger partial charge in [0.05, 0.1) is 11.7 Å². The molecular weight excluding hydrogens is 220 g/mol. The van der Waals surface area contributed by atoms with Gasteiger partial charge in [-0.1, -0.05) is 19.8 Å². The van der Waals surface area contributed by atoms with Crippen LogP contribution in [0.4, 0.5) is 0 Å². The van der Waals surface area contributed by atoms with Crippen molar-refractivity contribution in [3.05, 3.63) is 0 Å². The molecule has 0 aromatic heterocycles. The van der Waals surface area contributed by atoms with Crippen molar-refractivity contribution in [3.63, 3.8) is 0 Å². The average Bonchev–Trinajstić information content (AvgIpc) is 2.24. The number of aliphatic hydroxyl groups excluding tert-OH is 3. The maximum atomic E-state index is 9.33. The topological polar surface area (TPSA) is 80.9 Å². The maximum absolute atomic E-state index is 9.33. The van der Waals surface area contributed by atoms with Crippen LogP contribution in [-0.4, -0.2) is 45.3 Å². The molecule has 0 rings (SSSR count). The van der Waals surface area contributed by atoms with Gasteiger partial charge in [-0.15, -0.1) is 0 Å². The number of aliphatic hydroxyl groups is 4. The SMILES string of the molecule is CCC(C)(O)CC(C)O.OCCCCCCO. The van der Waals surface area contributed by atoms with E-state index < -0.39 is 11.7 Å². The van der Waals surface area contributed by atoms with Crippen LogP contribution in [0.1, 0.15) is 59.3 Å². The quantitative estimate of drug-likeness (QED) is 0.492. The van der Waals surface area contributed by atoms with Gasteiger partial charge in [0.2, 0.25) is 0 Å². The molecule has 0 fully saturated rings. The first kappa shape index (κ1) is 19.2. The van der Waals surface area contributed by atoms with Gasteiger partial charge in [-0.05, 0) is 33.1 Å². The molecule has 2 unspecified atom stereocenters. The van der Waals surface area contributed by atoms with Crippen molar-refractivity contribution in [2.75, 3.05) is 13.2 Å². The lowest BCUT2D eigenvalue weighted by atomic mass is 9.96. The van der Waals surface area contributed by atoms with Crippen molar-refractivity contribution >= 4 is 0 Å². The smallest absolute Gasteiger partial charge is 0.0641 e. The van der Waals surface area contributed by atoms with E-state index >= 15 is 0 Å². The van der Waals surface area contributed by atoms with Gasteiger partial charge in [0.25, 0.3) is 0 Å². The highest BCUT2D eigenvalue weighted by Crippen LogP contribution is 2.15. The summed E-state index contributed by atoms with van der Waals surface area (Å²) in [5.74, 6) is 0. The lowest BCUT2D eigenvalue weighted by Gasteiger charge is -2.22. The Bertz CT molecular complexity index is 140. The summed E-state index contributed by atoms with van der Waals surface area (Å²) in [5.41, 5.74) is -0.686. The summed E-state index contributed by atoms with van der Waals surface area (Å²) in [6.07, 6.45) is 4.58. The average molecular weight is 250 g/mol. The van der Waals surface area contributed by atoms with E-state index in [0.29, 0.717) is 12.8 Å². The minimum atomic E-state index is -0.686. The molecule has 106 valence electrons. The molecule has 0 saturated carbocycles. The summed E-state index contributed by atoms with van der Waals surface area (Å²) in [6.45, 7) is 5.89. The molecule has 4 heteroatoms. The Morgan fingerprint density at radius 3 is 1.59 bits per heavy atom. The predicted molar refractivity (Wildman–Crippen MR) is 69.9 cm³/mol. The number of hydrogen-bond acceptors (Lipinski definition) is 4. The molecule has 0 aromatic rings. The Kier molecular flexibility index (Phi) is 13.9. The van der Waals surface area contributed by atoms with Crippen LogP contribution < -0.4 is 0 Å². The van der Waals surface area contributed by atoms with Gasteiger partial charge in [0, 0.05) is 19.6 Å². The monoisotopic (exact) mass is 250 g/mol. The van der Waals surface area contributed by atoms with Crippen molar-refractivity contribution in [2.24, 2.45) is 0 Å². The lowest BCUT2D eigenvalue weighted by molar-refractivity contribution is 0.00656. The zero-order chi connectivity index (χ0) is 13.7. The van der Waals surface area contributed by atoms with Gasteiger partial charge in [0.1, 0.15) is 0 Å². The highest BCUT2D eigenvalue weighted by Gasteiger charge is 2.19. The molecule has 0 saturated heterocycles. The number of rotatable bonds is 8. The van der Waals surface area contributed by atoms with Crippen LogP contribution in [0.2, 0.25) is 0 Å². The summed E-state index contributed by atoms with van der Waals surface area (Å²) in [6, 6.07) is 0. The summed E-state index contributed by atoms with van der Waals surface area (Å²) in [7, 11) is 0. The van der Waals surface area contributed by atoms with E-state index in [1.807, 2.05) is 6.92 Å². The van der Waals surface area contributed by atoms with Crippen molar-refractivity contribution in [1.82, 2.24) is 0 Å². The molecule has 0 aromatic carbocycles. The van der Waals surface area contributed by atoms with Crippen LogP contribution in [0.3, 0.4) is 0 Å². The standard InChI is InChI=1S/C7H16O2.C6H14O2/c1-4-7(3,9)5-6(2)8;7-5-3-1-2-4-6-8/h6,8-9H,4-5H2,1-3H3;7-8H,1-6H2. The third kappa shape index (κ3) is 18.4. The molecule has 0 aliphatic carbocycles. The molecule has 4 N–H and O–H groups in total. The number of unbranched alkanes of at least 4 members (excludes halogenated alkanes) is 3. The van der Waals surface area contributed by atoms with E-state index in [4.69, 9.17) is 15.3 Å². The van der Waals surface area contributed by atoms with E-state index in [-0.39, 0.29) is 13.2 Å². The summed E-state index contributed by atoms with van der Waals surface area (Å²) < 4.78 is 0. The second-order valence-electron chi connectivity index (χ2n) is 4.77. The molecule has 0 bridgehead atoms. The molecule has 0 aliphatic heterocycles. The third-order valence-electron chi connectivity index (χ3n) is 2.56. The first-order valence-corrected chi connectivity index (χ1v) is 6.51. The van der Waals surface area contributed by atoms with Crippen LogP contribution in [-0.2, 0) is 0 Å². The normalized spacial score (nSPS) is 15.7. The van der Waals surface area contributed by atoms with Crippen LogP contribution in [0.5, 0.6) is 0 Å². The third-order valence-corrected chi connectivity index (χ3v) is 2.56. The van der Waals surface area contributed by atoms with Crippen molar-refractivity contribution in [2.45, 2.75) is 71.0 Å². The van der Waals surface area contributed by atoms with Crippen LogP contribution in [0, 0.1) is 0 Å². The van der Waals surface area contributed by atoms with Gasteiger partial charge in [-0.2, -0.15) is 0 Å². The summed E-state index contributed by atoms with van der Waals surface area (Å²) in [5, 5.41) is 34.8. The zero-order valence-electron chi connectivity index (χ0n) is 11.5. The van der Waals surface area contributed by atoms with Gasteiger partial charge in [0.15, 0.2) is 0 Å². The Balaban J connectivity index is 0. The highest BCUT2D eigenvalue weighted by atomic mass is 16.3. The Labute approximate surface area is 105 Å². The Morgan fingerprint density at radius 1 is 1.00 bits per heavy atom. The van der Waals surface area contributed by atoms with E-state index in [1.165, 1.54) is 0 Å². The van der Waals surface area contributed by atoms with E-state index in [2.05, 4.69) is 0 Å².